The fourth-order valence-electron chi connectivity index (χ4n) is 1.94. The molecule has 2 aromatic heterocycles. The van der Waals surface area contributed by atoms with E-state index in [9.17, 15) is 0 Å². The number of hydrogen-bond donors (Lipinski definition) is 1. The van der Waals surface area contributed by atoms with Gasteiger partial charge in [-0.25, -0.2) is 4.98 Å². The lowest BCUT2D eigenvalue weighted by molar-refractivity contribution is 0.392. The van der Waals surface area contributed by atoms with E-state index < -0.39 is 0 Å². The average molecular weight is 232 g/mol. The first-order valence-electron chi connectivity index (χ1n) is 5.56. The summed E-state index contributed by atoms with van der Waals surface area (Å²) in [5, 5.41) is 7.24. The van der Waals surface area contributed by atoms with Crippen molar-refractivity contribution in [3.63, 3.8) is 0 Å². The molecule has 0 saturated heterocycles. The molecule has 2 aromatic rings. The standard InChI is InChI=1S/C12H16N4O/c1-7-5-13-6-11(14-7)15-8(2)12-9(3)16-17-10(12)4/h5-6,8H,1-4H3,(H,14,15). The molecule has 17 heavy (non-hydrogen) atoms. The van der Waals surface area contributed by atoms with Gasteiger partial charge in [-0.3, -0.25) is 4.98 Å². The fraction of sp³-hybridized carbons (Fsp3) is 0.417. The van der Waals surface area contributed by atoms with Crippen molar-refractivity contribution in [3.8, 4) is 0 Å². The first-order chi connectivity index (χ1) is 8.08. The molecule has 0 aliphatic heterocycles. The van der Waals surface area contributed by atoms with Gasteiger partial charge in [-0.15, -0.1) is 0 Å². The third-order valence-corrected chi connectivity index (χ3v) is 2.64. The predicted molar refractivity (Wildman–Crippen MR) is 64.8 cm³/mol. The lowest BCUT2D eigenvalue weighted by atomic mass is 10.1. The van der Waals surface area contributed by atoms with Crippen LogP contribution in [0.1, 0.15) is 35.7 Å². The quantitative estimate of drug-likeness (QED) is 0.881. The summed E-state index contributed by atoms with van der Waals surface area (Å²) in [6.07, 6.45) is 3.44. The lowest BCUT2D eigenvalue weighted by Crippen LogP contribution is -2.10. The minimum Gasteiger partial charge on any atom is -0.362 e. The molecule has 0 radical (unpaired) electrons. The first kappa shape index (κ1) is 11.6. The second-order valence-electron chi connectivity index (χ2n) is 4.15. The summed E-state index contributed by atoms with van der Waals surface area (Å²) in [5.41, 5.74) is 2.87. The van der Waals surface area contributed by atoms with Gasteiger partial charge in [0.2, 0.25) is 0 Å². The van der Waals surface area contributed by atoms with E-state index in [0.29, 0.717) is 0 Å². The largest absolute Gasteiger partial charge is 0.362 e. The minimum absolute atomic E-state index is 0.0948. The van der Waals surface area contributed by atoms with Gasteiger partial charge in [0, 0.05) is 11.8 Å². The predicted octanol–water partition coefficient (Wildman–Crippen LogP) is 2.56. The van der Waals surface area contributed by atoms with Gasteiger partial charge in [0.25, 0.3) is 0 Å². The Balaban J connectivity index is 2.20. The van der Waals surface area contributed by atoms with Crippen molar-refractivity contribution in [2.45, 2.75) is 33.7 Å². The number of anilines is 1. The van der Waals surface area contributed by atoms with Crippen molar-refractivity contribution in [2.24, 2.45) is 0 Å². The van der Waals surface area contributed by atoms with Gasteiger partial charge in [0.15, 0.2) is 0 Å². The van der Waals surface area contributed by atoms with Crippen LogP contribution < -0.4 is 5.32 Å². The summed E-state index contributed by atoms with van der Waals surface area (Å²) in [6.45, 7) is 7.82. The number of rotatable bonds is 3. The molecule has 5 heteroatoms. The molecule has 0 fully saturated rings. The molecule has 1 unspecified atom stereocenters. The highest BCUT2D eigenvalue weighted by atomic mass is 16.5. The monoisotopic (exact) mass is 232 g/mol. The number of aryl methyl sites for hydroxylation is 3. The van der Waals surface area contributed by atoms with Crippen LogP contribution in [-0.4, -0.2) is 15.1 Å². The van der Waals surface area contributed by atoms with E-state index in [-0.39, 0.29) is 6.04 Å². The molecule has 1 atom stereocenters. The smallest absolute Gasteiger partial charge is 0.145 e. The van der Waals surface area contributed by atoms with E-state index in [1.807, 2.05) is 20.8 Å². The van der Waals surface area contributed by atoms with Crippen LogP contribution in [0.5, 0.6) is 0 Å². The minimum atomic E-state index is 0.0948. The van der Waals surface area contributed by atoms with Crippen LogP contribution in [0.3, 0.4) is 0 Å². The van der Waals surface area contributed by atoms with Gasteiger partial charge >= 0.3 is 0 Å². The van der Waals surface area contributed by atoms with Crippen molar-refractivity contribution in [2.75, 3.05) is 5.32 Å². The second kappa shape index (κ2) is 4.53. The van der Waals surface area contributed by atoms with E-state index in [1.54, 1.807) is 12.4 Å². The van der Waals surface area contributed by atoms with Crippen LogP contribution in [-0.2, 0) is 0 Å². The molecular formula is C12H16N4O. The van der Waals surface area contributed by atoms with Gasteiger partial charge in [0.1, 0.15) is 11.6 Å². The second-order valence-corrected chi connectivity index (χ2v) is 4.15. The van der Waals surface area contributed by atoms with E-state index in [4.69, 9.17) is 4.52 Å². The summed E-state index contributed by atoms with van der Waals surface area (Å²) < 4.78 is 5.15. The Hall–Kier alpha value is -1.91. The third-order valence-electron chi connectivity index (χ3n) is 2.64. The van der Waals surface area contributed by atoms with Gasteiger partial charge in [-0.2, -0.15) is 0 Å². The molecule has 0 spiro atoms. The lowest BCUT2D eigenvalue weighted by Gasteiger charge is -2.14. The third kappa shape index (κ3) is 2.43. The highest BCUT2D eigenvalue weighted by molar-refractivity contribution is 5.38. The van der Waals surface area contributed by atoms with Crippen molar-refractivity contribution in [1.82, 2.24) is 15.1 Å². The Labute approximate surface area is 100 Å². The summed E-state index contributed by atoms with van der Waals surface area (Å²) in [4.78, 5) is 8.46. The van der Waals surface area contributed by atoms with Crippen LogP contribution in [0, 0.1) is 20.8 Å². The fourth-order valence-corrected chi connectivity index (χ4v) is 1.94. The highest BCUT2D eigenvalue weighted by Crippen LogP contribution is 2.23. The Morgan fingerprint density at radius 1 is 1.24 bits per heavy atom. The molecule has 0 bridgehead atoms. The van der Waals surface area contributed by atoms with Crippen molar-refractivity contribution in [1.29, 1.82) is 0 Å². The van der Waals surface area contributed by atoms with Gasteiger partial charge in [-0.05, 0) is 27.7 Å². The maximum Gasteiger partial charge on any atom is 0.145 e. The Kier molecular flexibility index (Phi) is 3.08. The average Bonchev–Trinajstić information content (AvgIpc) is 2.58. The first-order valence-corrected chi connectivity index (χ1v) is 5.56. The van der Waals surface area contributed by atoms with E-state index in [1.165, 1.54) is 0 Å². The number of hydrogen-bond acceptors (Lipinski definition) is 5. The Morgan fingerprint density at radius 2 is 2.00 bits per heavy atom. The SMILES string of the molecule is Cc1cncc(NC(C)c2c(C)noc2C)n1. The molecule has 0 aliphatic carbocycles. The van der Waals surface area contributed by atoms with Crippen LogP contribution in [0.2, 0.25) is 0 Å². The zero-order valence-electron chi connectivity index (χ0n) is 10.5. The molecule has 90 valence electrons. The van der Waals surface area contributed by atoms with Crippen LogP contribution in [0.25, 0.3) is 0 Å². The highest BCUT2D eigenvalue weighted by Gasteiger charge is 2.16. The summed E-state index contributed by atoms with van der Waals surface area (Å²) in [6, 6.07) is 0.0948. The molecule has 2 heterocycles. The van der Waals surface area contributed by atoms with Crippen LogP contribution >= 0.6 is 0 Å². The Morgan fingerprint density at radius 3 is 2.59 bits per heavy atom. The number of nitrogens with zero attached hydrogens (tertiary/aromatic N) is 3. The number of nitrogens with one attached hydrogen (secondary N) is 1. The molecule has 1 N–H and O–H groups in total. The maximum absolute atomic E-state index is 5.15. The molecule has 5 nitrogen and oxygen atoms in total. The summed E-state index contributed by atoms with van der Waals surface area (Å²) >= 11 is 0. The van der Waals surface area contributed by atoms with Gasteiger partial charge in [-0.1, -0.05) is 5.16 Å². The normalized spacial score (nSPS) is 12.5. The van der Waals surface area contributed by atoms with Gasteiger partial charge < -0.3 is 9.84 Å². The van der Waals surface area contributed by atoms with Gasteiger partial charge in [0.05, 0.1) is 23.6 Å². The van der Waals surface area contributed by atoms with Crippen molar-refractivity contribution in [3.05, 3.63) is 35.1 Å². The topological polar surface area (TPSA) is 63.8 Å². The summed E-state index contributed by atoms with van der Waals surface area (Å²) in [5.74, 6) is 1.60. The zero-order valence-corrected chi connectivity index (χ0v) is 10.5. The molecule has 0 amide bonds. The Bertz CT molecular complexity index is 501. The maximum atomic E-state index is 5.15. The van der Waals surface area contributed by atoms with Crippen LogP contribution in [0.4, 0.5) is 5.82 Å². The molecular weight excluding hydrogens is 216 g/mol. The van der Waals surface area contributed by atoms with Crippen molar-refractivity contribution < 1.29 is 4.52 Å². The molecule has 0 aromatic carbocycles. The molecule has 0 saturated carbocycles. The molecule has 2 rings (SSSR count). The van der Waals surface area contributed by atoms with Crippen molar-refractivity contribution >= 4 is 5.82 Å². The van der Waals surface area contributed by atoms with Crippen LogP contribution in [0.15, 0.2) is 16.9 Å². The summed E-state index contributed by atoms with van der Waals surface area (Å²) in [7, 11) is 0. The van der Waals surface area contributed by atoms with E-state index in [2.05, 4.69) is 27.4 Å². The molecule has 0 aliphatic rings. The number of aromatic nitrogens is 3. The zero-order chi connectivity index (χ0) is 12.4. The van der Waals surface area contributed by atoms with E-state index in [0.717, 1.165) is 28.5 Å². The van der Waals surface area contributed by atoms with E-state index >= 15 is 0 Å².